The van der Waals surface area contributed by atoms with E-state index in [4.69, 9.17) is 4.74 Å². The van der Waals surface area contributed by atoms with Crippen molar-refractivity contribution in [2.45, 2.75) is 18.9 Å². The van der Waals surface area contributed by atoms with Crippen molar-refractivity contribution in [1.82, 2.24) is 9.80 Å². The Morgan fingerprint density at radius 1 is 1.35 bits per heavy atom. The van der Waals surface area contributed by atoms with Crippen molar-refractivity contribution in [3.63, 3.8) is 0 Å². The average Bonchev–Trinajstić information content (AvgIpc) is 2.78. The molecule has 0 aromatic heterocycles. The number of nitrogens with zero attached hydrogens (tertiary/aromatic N) is 2. The van der Waals surface area contributed by atoms with E-state index in [0.29, 0.717) is 39.3 Å². The maximum absolute atomic E-state index is 12.3. The summed E-state index contributed by atoms with van der Waals surface area (Å²) in [6.07, 6.45) is 2.95. The van der Waals surface area contributed by atoms with Gasteiger partial charge in [-0.25, -0.2) is 0 Å². The lowest BCUT2D eigenvalue weighted by Crippen LogP contribution is -2.51. The van der Waals surface area contributed by atoms with Crippen LogP contribution in [0.1, 0.15) is 12.8 Å². The summed E-state index contributed by atoms with van der Waals surface area (Å²) in [5, 5.41) is 0. The predicted octanol–water partition coefficient (Wildman–Crippen LogP) is 0.0222. The minimum Gasteiger partial charge on any atom is -0.378 e. The van der Waals surface area contributed by atoms with Crippen LogP contribution in [0.2, 0.25) is 0 Å². The molecule has 0 aliphatic carbocycles. The lowest BCUT2D eigenvalue weighted by atomic mass is 10.2. The summed E-state index contributed by atoms with van der Waals surface area (Å²) in [6.45, 7) is 6.69. The van der Waals surface area contributed by atoms with Gasteiger partial charge in [-0.15, -0.1) is 6.58 Å². The molecular weight excluding hydrogens is 220 g/mol. The van der Waals surface area contributed by atoms with Crippen molar-refractivity contribution in [3.8, 4) is 0 Å². The van der Waals surface area contributed by atoms with Crippen LogP contribution >= 0.6 is 0 Å². The van der Waals surface area contributed by atoms with Gasteiger partial charge in [-0.2, -0.15) is 0 Å². The lowest BCUT2D eigenvalue weighted by molar-refractivity contribution is -0.144. The summed E-state index contributed by atoms with van der Waals surface area (Å²) in [4.78, 5) is 27.3. The van der Waals surface area contributed by atoms with Gasteiger partial charge in [0.2, 0.25) is 11.8 Å². The largest absolute Gasteiger partial charge is 0.378 e. The predicted molar refractivity (Wildman–Crippen MR) is 62.3 cm³/mol. The first-order valence-corrected chi connectivity index (χ1v) is 6.02. The van der Waals surface area contributed by atoms with E-state index >= 15 is 0 Å². The molecule has 0 spiro atoms. The fourth-order valence-electron chi connectivity index (χ4n) is 2.30. The van der Waals surface area contributed by atoms with E-state index in [9.17, 15) is 9.59 Å². The molecule has 17 heavy (non-hydrogen) atoms. The van der Waals surface area contributed by atoms with Crippen molar-refractivity contribution < 1.29 is 14.3 Å². The highest BCUT2D eigenvalue weighted by molar-refractivity contribution is 5.90. The Kier molecular flexibility index (Phi) is 3.78. The summed E-state index contributed by atoms with van der Waals surface area (Å²) in [6, 6.07) is -0.497. The molecule has 0 bridgehead atoms. The molecule has 0 saturated carbocycles. The van der Waals surface area contributed by atoms with Crippen LogP contribution in [-0.2, 0) is 14.3 Å². The molecule has 2 aliphatic rings. The molecule has 0 N–H and O–H groups in total. The van der Waals surface area contributed by atoms with E-state index in [1.165, 1.54) is 0 Å². The lowest BCUT2D eigenvalue weighted by Gasteiger charge is -2.32. The molecular formula is C12H18N2O3. The van der Waals surface area contributed by atoms with Crippen molar-refractivity contribution in [1.29, 1.82) is 0 Å². The zero-order valence-corrected chi connectivity index (χ0v) is 9.93. The van der Waals surface area contributed by atoms with Gasteiger partial charge in [0.15, 0.2) is 0 Å². The SMILES string of the molecule is C=C[C@@H](C(=O)N1CCOCC1)N1CCCC1=O. The number of amides is 2. The van der Waals surface area contributed by atoms with Gasteiger partial charge in [-0.05, 0) is 6.42 Å². The normalized spacial score (nSPS) is 22.7. The molecule has 2 fully saturated rings. The quantitative estimate of drug-likeness (QED) is 0.651. The van der Waals surface area contributed by atoms with Crippen molar-refractivity contribution >= 4 is 11.8 Å². The van der Waals surface area contributed by atoms with Crippen LogP contribution in [0.25, 0.3) is 0 Å². The molecule has 0 radical (unpaired) electrons. The molecule has 0 unspecified atom stereocenters. The molecule has 2 saturated heterocycles. The fourth-order valence-corrected chi connectivity index (χ4v) is 2.30. The van der Waals surface area contributed by atoms with Gasteiger partial charge in [-0.1, -0.05) is 6.08 Å². The van der Waals surface area contributed by atoms with Gasteiger partial charge in [-0.3, -0.25) is 9.59 Å². The Bertz CT molecular complexity index is 324. The maximum Gasteiger partial charge on any atom is 0.249 e. The smallest absolute Gasteiger partial charge is 0.249 e. The molecule has 2 aliphatic heterocycles. The van der Waals surface area contributed by atoms with Gasteiger partial charge in [0.1, 0.15) is 6.04 Å². The van der Waals surface area contributed by atoms with Crippen LogP contribution in [0.15, 0.2) is 12.7 Å². The number of hydrogen-bond donors (Lipinski definition) is 0. The average molecular weight is 238 g/mol. The van der Waals surface area contributed by atoms with Gasteiger partial charge < -0.3 is 14.5 Å². The Labute approximate surface area is 101 Å². The van der Waals surface area contributed by atoms with Gasteiger partial charge in [0.05, 0.1) is 13.2 Å². The summed E-state index contributed by atoms with van der Waals surface area (Å²) in [5.41, 5.74) is 0. The number of carbonyl (C=O) groups is 2. The number of ether oxygens (including phenoxy) is 1. The van der Waals surface area contributed by atoms with E-state index in [2.05, 4.69) is 6.58 Å². The molecule has 0 aromatic carbocycles. The van der Waals surface area contributed by atoms with Gasteiger partial charge >= 0.3 is 0 Å². The summed E-state index contributed by atoms with van der Waals surface area (Å²) in [5.74, 6) is 0.0232. The second-order valence-electron chi connectivity index (χ2n) is 4.31. The minimum absolute atomic E-state index is 0.0291. The van der Waals surface area contributed by atoms with Crippen molar-refractivity contribution in [3.05, 3.63) is 12.7 Å². The summed E-state index contributed by atoms with van der Waals surface area (Å²) in [7, 11) is 0. The first-order chi connectivity index (χ1) is 8.24. The molecule has 2 rings (SSSR count). The maximum atomic E-state index is 12.3. The zero-order valence-electron chi connectivity index (χ0n) is 9.93. The first-order valence-electron chi connectivity index (χ1n) is 6.02. The molecule has 1 atom stereocenters. The minimum atomic E-state index is -0.497. The topological polar surface area (TPSA) is 49.9 Å². The first kappa shape index (κ1) is 12.1. The molecule has 94 valence electrons. The molecule has 2 heterocycles. The summed E-state index contributed by atoms with van der Waals surface area (Å²) < 4.78 is 5.21. The highest BCUT2D eigenvalue weighted by atomic mass is 16.5. The van der Waals surface area contributed by atoms with Gasteiger partial charge in [0.25, 0.3) is 0 Å². The fraction of sp³-hybridized carbons (Fsp3) is 0.667. The number of carbonyl (C=O) groups excluding carboxylic acids is 2. The van der Waals surface area contributed by atoms with Crippen LogP contribution in [0, 0.1) is 0 Å². The molecule has 5 heteroatoms. The van der Waals surface area contributed by atoms with Crippen LogP contribution in [0.4, 0.5) is 0 Å². The van der Waals surface area contributed by atoms with Gasteiger partial charge in [0, 0.05) is 26.1 Å². The second-order valence-corrected chi connectivity index (χ2v) is 4.31. The van der Waals surface area contributed by atoms with Crippen LogP contribution in [-0.4, -0.2) is 60.5 Å². The van der Waals surface area contributed by atoms with E-state index < -0.39 is 6.04 Å². The Balaban J connectivity index is 2.03. The summed E-state index contributed by atoms with van der Waals surface area (Å²) >= 11 is 0. The van der Waals surface area contributed by atoms with Crippen LogP contribution < -0.4 is 0 Å². The third-order valence-electron chi connectivity index (χ3n) is 3.24. The number of rotatable bonds is 3. The zero-order chi connectivity index (χ0) is 12.3. The van der Waals surface area contributed by atoms with E-state index in [1.807, 2.05) is 0 Å². The van der Waals surface area contributed by atoms with Crippen molar-refractivity contribution in [2.24, 2.45) is 0 Å². The Hall–Kier alpha value is -1.36. The highest BCUT2D eigenvalue weighted by Crippen LogP contribution is 2.16. The number of morpholine rings is 1. The third-order valence-corrected chi connectivity index (χ3v) is 3.24. The van der Waals surface area contributed by atoms with Crippen molar-refractivity contribution in [2.75, 3.05) is 32.8 Å². The van der Waals surface area contributed by atoms with E-state index in [0.717, 1.165) is 6.42 Å². The highest BCUT2D eigenvalue weighted by Gasteiger charge is 2.33. The van der Waals surface area contributed by atoms with Crippen LogP contribution in [0.3, 0.4) is 0 Å². The molecule has 0 aromatic rings. The van der Waals surface area contributed by atoms with E-state index in [1.54, 1.807) is 15.9 Å². The monoisotopic (exact) mass is 238 g/mol. The number of likely N-dealkylation sites (tertiary alicyclic amines) is 1. The Morgan fingerprint density at radius 2 is 2.06 bits per heavy atom. The molecule has 2 amide bonds. The Morgan fingerprint density at radius 3 is 2.59 bits per heavy atom. The van der Waals surface area contributed by atoms with Crippen LogP contribution in [0.5, 0.6) is 0 Å². The van der Waals surface area contributed by atoms with E-state index in [-0.39, 0.29) is 11.8 Å². The number of hydrogen-bond acceptors (Lipinski definition) is 3. The standard InChI is InChI=1S/C12H18N2O3/c1-2-10(14-5-3-4-11(14)15)12(16)13-6-8-17-9-7-13/h2,10H,1,3-9H2/t10-/m0/s1. The third kappa shape index (κ3) is 2.49. The second kappa shape index (κ2) is 5.31. The molecule has 5 nitrogen and oxygen atoms in total.